The van der Waals surface area contributed by atoms with Crippen LogP contribution in [-0.2, 0) is 9.36 Å². The Morgan fingerprint density at radius 2 is 1.78 bits per heavy atom. The number of carbonyl (C=O) groups is 1. The molecule has 0 radical (unpaired) electrons. The second-order valence-corrected chi connectivity index (χ2v) is 9.67. The Labute approximate surface area is 136 Å². The second-order valence-electron chi connectivity index (χ2n) is 6.48. The Morgan fingerprint density at radius 1 is 1.04 bits per heavy atom. The SMILES string of the molecule is Cc1cccc(/C=C2\C(=O)Nc3cc(C)cc(P(C)(C)=O)c32)c1. The first kappa shape index (κ1) is 15.8. The normalized spacial score (nSPS) is 15.7. The Balaban J connectivity index is 2.25. The van der Waals surface area contributed by atoms with Crippen LogP contribution in [0.3, 0.4) is 0 Å². The molecule has 0 unspecified atom stereocenters. The first-order chi connectivity index (χ1) is 10.8. The number of aryl methyl sites for hydroxylation is 2. The molecule has 3 rings (SSSR count). The molecule has 1 N–H and O–H groups in total. The molecular weight excluding hydrogens is 305 g/mol. The van der Waals surface area contributed by atoms with E-state index in [0.29, 0.717) is 5.57 Å². The minimum absolute atomic E-state index is 0.137. The average Bonchev–Trinajstić information content (AvgIpc) is 2.73. The number of amides is 1. The molecule has 0 fully saturated rings. The van der Waals surface area contributed by atoms with Gasteiger partial charge in [0.2, 0.25) is 0 Å². The smallest absolute Gasteiger partial charge is 0.256 e. The van der Waals surface area contributed by atoms with E-state index in [4.69, 9.17) is 0 Å². The third-order valence-electron chi connectivity index (χ3n) is 3.96. The maximum Gasteiger partial charge on any atom is 0.256 e. The minimum Gasteiger partial charge on any atom is -0.321 e. The van der Waals surface area contributed by atoms with E-state index < -0.39 is 7.14 Å². The van der Waals surface area contributed by atoms with Crippen molar-refractivity contribution >= 4 is 35.7 Å². The summed E-state index contributed by atoms with van der Waals surface area (Å²) in [5, 5.41) is 3.68. The summed E-state index contributed by atoms with van der Waals surface area (Å²) in [4.78, 5) is 12.4. The number of benzene rings is 2. The number of hydrogen-bond acceptors (Lipinski definition) is 2. The van der Waals surface area contributed by atoms with Gasteiger partial charge < -0.3 is 9.88 Å². The van der Waals surface area contributed by atoms with Gasteiger partial charge in [-0.2, -0.15) is 0 Å². The van der Waals surface area contributed by atoms with Crippen LogP contribution in [0.4, 0.5) is 5.69 Å². The maximum absolute atomic E-state index is 12.7. The van der Waals surface area contributed by atoms with Crippen LogP contribution in [-0.4, -0.2) is 19.2 Å². The van der Waals surface area contributed by atoms with Gasteiger partial charge in [-0.15, -0.1) is 0 Å². The van der Waals surface area contributed by atoms with Crippen molar-refractivity contribution in [1.82, 2.24) is 0 Å². The summed E-state index contributed by atoms with van der Waals surface area (Å²) >= 11 is 0. The Hall–Kier alpha value is -2.12. The van der Waals surface area contributed by atoms with Crippen molar-refractivity contribution < 1.29 is 9.36 Å². The fraction of sp³-hybridized carbons (Fsp3) is 0.211. The standard InChI is InChI=1S/C19H20NO2P/c1-12-6-5-7-14(8-12)11-15-18-16(20-19(15)21)9-13(2)10-17(18)23(3,4)22/h5-11H,1-4H3,(H,20,21)/b15-11-. The summed E-state index contributed by atoms with van der Waals surface area (Å²) in [7, 11) is -2.50. The van der Waals surface area contributed by atoms with E-state index >= 15 is 0 Å². The molecule has 0 bridgehead atoms. The van der Waals surface area contributed by atoms with Gasteiger partial charge in [0.15, 0.2) is 0 Å². The number of hydrogen-bond donors (Lipinski definition) is 1. The maximum atomic E-state index is 12.7. The lowest BCUT2D eigenvalue weighted by atomic mass is 10.0. The van der Waals surface area contributed by atoms with Crippen LogP contribution in [0.2, 0.25) is 0 Å². The topological polar surface area (TPSA) is 46.2 Å². The van der Waals surface area contributed by atoms with Gasteiger partial charge in [0.25, 0.3) is 5.91 Å². The van der Waals surface area contributed by atoms with Crippen LogP contribution < -0.4 is 10.6 Å². The van der Waals surface area contributed by atoms with Crippen LogP contribution in [0.15, 0.2) is 36.4 Å². The molecular formula is C19H20NO2P. The van der Waals surface area contributed by atoms with Crippen LogP contribution in [0.1, 0.15) is 22.3 Å². The summed E-state index contributed by atoms with van der Waals surface area (Å²) in [6.45, 7) is 7.46. The number of carbonyl (C=O) groups excluding carboxylic acids is 1. The molecule has 0 saturated heterocycles. The fourth-order valence-corrected chi connectivity index (χ4v) is 4.24. The van der Waals surface area contributed by atoms with Gasteiger partial charge in [0.05, 0.1) is 11.3 Å². The predicted molar refractivity (Wildman–Crippen MR) is 97.9 cm³/mol. The van der Waals surface area contributed by atoms with E-state index in [1.165, 1.54) is 0 Å². The van der Waals surface area contributed by atoms with E-state index in [-0.39, 0.29) is 5.91 Å². The van der Waals surface area contributed by atoms with E-state index in [1.54, 1.807) is 13.3 Å². The van der Waals surface area contributed by atoms with E-state index in [1.807, 2.05) is 56.3 Å². The largest absolute Gasteiger partial charge is 0.321 e. The molecule has 0 aliphatic carbocycles. The lowest BCUT2D eigenvalue weighted by Gasteiger charge is -2.14. The van der Waals surface area contributed by atoms with Gasteiger partial charge in [-0.3, -0.25) is 4.79 Å². The first-order valence-electron chi connectivity index (χ1n) is 7.56. The van der Waals surface area contributed by atoms with Gasteiger partial charge >= 0.3 is 0 Å². The molecule has 118 valence electrons. The molecule has 2 aromatic carbocycles. The van der Waals surface area contributed by atoms with E-state index in [2.05, 4.69) is 5.32 Å². The van der Waals surface area contributed by atoms with Crippen molar-refractivity contribution in [2.45, 2.75) is 13.8 Å². The number of nitrogens with one attached hydrogen (secondary N) is 1. The molecule has 1 amide bonds. The summed E-state index contributed by atoms with van der Waals surface area (Å²) in [5.41, 5.74) is 5.24. The fourth-order valence-electron chi connectivity index (χ4n) is 2.94. The van der Waals surface area contributed by atoms with Crippen LogP contribution in [0.25, 0.3) is 11.6 Å². The lowest BCUT2D eigenvalue weighted by molar-refractivity contribution is -0.110. The molecule has 4 heteroatoms. The van der Waals surface area contributed by atoms with Crippen LogP contribution in [0.5, 0.6) is 0 Å². The van der Waals surface area contributed by atoms with Gasteiger partial charge in [0.1, 0.15) is 7.14 Å². The van der Waals surface area contributed by atoms with Crippen molar-refractivity contribution in [2.24, 2.45) is 0 Å². The third-order valence-corrected chi connectivity index (χ3v) is 5.47. The lowest BCUT2D eigenvalue weighted by Crippen LogP contribution is -2.10. The van der Waals surface area contributed by atoms with Crippen molar-refractivity contribution in [1.29, 1.82) is 0 Å². The molecule has 0 atom stereocenters. The first-order valence-corrected chi connectivity index (χ1v) is 10.2. The van der Waals surface area contributed by atoms with Gasteiger partial charge in [-0.1, -0.05) is 29.8 Å². The van der Waals surface area contributed by atoms with Crippen molar-refractivity contribution in [3.63, 3.8) is 0 Å². The molecule has 0 spiro atoms. The Kier molecular flexibility index (Phi) is 3.77. The zero-order chi connectivity index (χ0) is 16.8. The van der Waals surface area contributed by atoms with Gasteiger partial charge in [-0.25, -0.2) is 0 Å². The average molecular weight is 325 g/mol. The molecule has 0 saturated carbocycles. The highest BCUT2D eigenvalue weighted by molar-refractivity contribution is 7.70. The van der Waals surface area contributed by atoms with E-state index in [0.717, 1.165) is 33.2 Å². The van der Waals surface area contributed by atoms with Crippen LogP contribution in [0, 0.1) is 13.8 Å². The van der Waals surface area contributed by atoms with Crippen LogP contribution >= 0.6 is 7.14 Å². The Morgan fingerprint density at radius 3 is 2.43 bits per heavy atom. The Bertz CT molecular complexity index is 890. The summed E-state index contributed by atoms with van der Waals surface area (Å²) in [5.74, 6) is -0.137. The van der Waals surface area contributed by atoms with Gasteiger partial charge in [-0.05, 0) is 56.5 Å². The minimum atomic E-state index is -2.50. The van der Waals surface area contributed by atoms with Crippen molar-refractivity contribution in [3.05, 3.63) is 58.7 Å². The highest BCUT2D eigenvalue weighted by atomic mass is 31.2. The number of rotatable bonds is 2. The highest BCUT2D eigenvalue weighted by Crippen LogP contribution is 2.43. The third kappa shape index (κ3) is 3.02. The zero-order valence-electron chi connectivity index (χ0n) is 13.8. The van der Waals surface area contributed by atoms with E-state index in [9.17, 15) is 9.36 Å². The molecule has 1 aliphatic rings. The number of fused-ring (bicyclic) bond motifs is 1. The quantitative estimate of drug-likeness (QED) is 0.669. The molecule has 1 aliphatic heterocycles. The predicted octanol–water partition coefficient (Wildman–Crippen LogP) is 4.04. The van der Waals surface area contributed by atoms with Crippen molar-refractivity contribution in [3.8, 4) is 0 Å². The highest BCUT2D eigenvalue weighted by Gasteiger charge is 2.31. The zero-order valence-corrected chi connectivity index (χ0v) is 14.7. The molecule has 23 heavy (non-hydrogen) atoms. The monoisotopic (exact) mass is 325 g/mol. The molecule has 2 aromatic rings. The number of anilines is 1. The summed E-state index contributed by atoms with van der Waals surface area (Å²) in [6, 6.07) is 11.9. The van der Waals surface area contributed by atoms with Gasteiger partial charge in [0, 0.05) is 10.9 Å². The molecule has 3 nitrogen and oxygen atoms in total. The van der Waals surface area contributed by atoms with Crippen molar-refractivity contribution in [2.75, 3.05) is 18.6 Å². The summed E-state index contributed by atoms with van der Waals surface area (Å²) in [6.07, 6.45) is 1.88. The molecule has 1 heterocycles. The summed E-state index contributed by atoms with van der Waals surface area (Å²) < 4.78 is 12.7. The molecule has 0 aromatic heterocycles. The second kappa shape index (κ2) is 5.50.